The number of nitrogens with one attached hydrogen (secondary N) is 1. The fraction of sp³-hybridized carbons (Fsp3) is 0.435. The van der Waals surface area contributed by atoms with Gasteiger partial charge in [0.25, 0.3) is 0 Å². The molecule has 7 nitrogen and oxygen atoms in total. The van der Waals surface area contributed by atoms with Crippen LogP contribution in [0.1, 0.15) is 43.0 Å². The molecule has 0 saturated carbocycles. The third kappa shape index (κ3) is 5.70. The molecule has 0 heterocycles. The highest BCUT2D eigenvalue weighted by molar-refractivity contribution is 7.92. The quantitative estimate of drug-likeness (QED) is 0.632. The number of nitrogens with zero attached hydrogens (tertiary/aromatic N) is 1. The van der Waals surface area contributed by atoms with Crippen molar-refractivity contribution in [3.8, 4) is 11.5 Å². The van der Waals surface area contributed by atoms with Crippen molar-refractivity contribution in [3.63, 3.8) is 0 Å². The summed E-state index contributed by atoms with van der Waals surface area (Å²) >= 11 is 0. The summed E-state index contributed by atoms with van der Waals surface area (Å²) in [4.78, 5) is 13.1. The molecular weight excluding hydrogens is 416 g/mol. The summed E-state index contributed by atoms with van der Waals surface area (Å²) in [7, 11) is -0.780. The Hall–Kier alpha value is -2.74. The molecule has 0 aromatic heterocycles. The monoisotopic (exact) mass is 448 g/mol. The predicted octanol–water partition coefficient (Wildman–Crippen LogP) is 3.74. The second-order valence-electron chi connectivity index (χ2n) is 7.59. The molecule has 8 heteroatoms. The Morgan fingerprint density at radius 2 is 1.68 bits per heavy atom. The fourth-order valence-corrected chi connectivity index (χ4v) is 4.63. The van der Waals surface area contributed by atoms with E-state index in [2.05, 4.69) is 11.4 Å². The summed E-state index contributed by atoms with van der Waals surface area (Å²) in [5.74, 6) is 0.464. The average molecular weight is 449 g/mol. The smallest absolute Gasteiger partial charge is 0.244 e. The molecule has 2 aromatic rings. The molecule has 0 bridgehead atoms. The van der Waals surface area contributed by atoms with Crippen molar-refractivity contribution >= 4 is 21.6 Å². The maximum Gasteiger partial charge on any atom is 0.244 e. The number of amides is 1. The first-order valence-electron chi connectivity index (χ1n) is 10.1. The van der Waals surface area contributed by atoms with Gasteiger partial charge in [-0.25, -0.2) is 8.42 Å². The summed E-state index contributed by atoms with van der Waals surface area (Å²) in [5, 5.41) is 3.00. The van der Waals surface area contributed by atoms with E-state index in [1.807, 2.05) is 32.9 Å². The van der Waals surface area contributed by atoms with Crippen LogP contribution in [-0.2, 0) is 14.8 Å². The summed E-state index contributed by atoms with van der Waals surface area (Å²) < 4.78 is 36.8. The third-order valence-corrected chi connectivity index (χ3v) is 6.61. The fourth-order valence-electron chi connectivity index (χ4n) is 3.47. The Kier molecular flexibility index (Phi) is 7.95. The second-order valence-corrected chi connectivity index (χ2v) is 9.45. The van der Waals surface area contributed by atoms with Gasteiger partial charge in [-0.1, -0.05) is 25.1 Å². The van der Waals surface area contributed by atoms with Crippen LogP contribution in [-0.4, -0.2) is 40.8 Å². The summed E-state index contributed by atoms with van der Waals surface area (Å²) in [6.45, 7) is 7.61. The first kappa shape index (κ1) is 24.5. The molecule has 0 unspecified atom stereocenters. The van der Waals surface area contributed by atoms with Crippen LogP contribution in [0.5, 0.6) is 11.5 Å². The van der Waals surface area contributed by atoms with Gasteiger partial charge in [-0.2, -0.15) is 0 Å². The first-order valence-corrected chi connectivity index (χ1v) is 12.0. The maximum atomic E-state index is 13.1. The molecule has 0 spiro atoms. The topological polar surface area (TPSA) is 84.9 Å². The van der Waals surface area contributed by atoms with E-state index in [0.717, 1.165) is 21.7 Å². The van der Waals surface area contributed by atoms with Crippen LogP contribution < -0.4 is 19.1 Å². The molecule has 1 N–H and O–H groups in total. The highest BCUT2D eigenvalue weighted by Crippen LogP contribution is 2.33. The molecule has 0 aliphatic rings. The Morgan fingerprint density at radius 3 is 2.19 bits per heavy atom. The molecule has 0 fully saturated rings. The summed E-state index contributed by atoms with van der Waals surface area (Å²) in [6.07, 6.45) is 1.75. The zero-order chi connectivity index (χ0) is 23.3. The van der Waals surface area contributed by atoms with E-state index in [4.69, 9.17) is 9.47 Å². The van der Waals surface area contributed by atoms with Crippen LogP contribution in [0.3, 0.4) is 0 Å². The van der Waals surface area contributed by atoms with Crippen molar-refractivity contribution in [1.29, 1.82) is 0 Å². The zero-order valence-electron chi connectivity index (χ0n) is 19.2. The van der Waals surface area contributed by atoms with Crippen molar-refractivity contribution in [2.24, 2.45) is 0 Å². The number of hydrogen-bond acceptors (Lipinski definition) is 5. The predicted molar refractivity (Wildman–Crippen MR) is 123 cm³/mol. The number of carbonyl (C=O) groups excluding carboxylic acids is 1. The number of rotatable bonds is 9. The molecule has 31 heavy (non-hydrogen) atoms. The van der Waals surface area contributed by atoms with Gasteiger partial charge < -0.3 is 14.8 Å². The number of hydrogen-bond donors (Lipinski definition) is 1. The van der Waals surface area contributed by atoms with Gasteiger partial charge in [-0.3, -0.25) is 9.10 Å². The average Bonchev–Trinajstić information content (AvgIpc) is 2.72. The van der Waals surface area contributed by atoms with Crippen LogP contribution in [0, 0.1) is 13.8 Å². The van der Waals surface area contributed by atoms with Gasteiger partial charge in [0.15, 0.2) is 11.5 Å². The van der Waals surface area contributed by atoms with E-state index in [-0.39, 0.29) is 11.9 Å². The molecule has 0 aliphatic carbocycles. The molecule has 0 aliphatic heterocycles. The van der Waals surface area contributed by atoms with Gasteiger partial charge in [-0.15, -0.1) is 0 Å². The molecule has 2 rings (SSSR count). The molecule has 2 atom stereocenters. The summed E-state index contributed by atoms with van der Waals surface area (Å²) in [5.41, 5.74) is 3.63. The Morgan fingerprint density at radius 1 is 1.03 bits per heavy atom. The standard InChI is InChI=1S/C23H32N2O5S/c1-8-20(18-10-9-15(2)16(3)13-18)24-23(26)17(4)25(31(7,27)28)19-11-12-21(29-5)22(14-19)30-6/h9-14,17,20H,8H2,1-7H3,(H,24,26)/t17-,20+/m1/s1. The molecular formula is C23H32N2O5S. The molecule has 0 radical (unpaired) electrons. The third-order valence-electron chi connectivity index (χ3n) is 5.37. The maximum absolute atomic E-state index is 13.1. The van der Waals surface area contributed by atoms with E-state index in [9.17, 15) is 13.2 Å². The minimum absolute atomic E-state index is 0.221. The lowest BCUT2D eigenvalue weighted by Gasteiger charge is -2.30. The first-order chi connectivity index (χ1) is 14.5. The number of carbonyl (C=O) groups is 1. The highest BCUT2D eigenvalue weighted by Gasteiger charge is 2.31. The van der Waals surface area contributed by atoms with Crippen molar-refractivity contribution in [2.45, 2.75) is 46.2 Å². The van der Waals surface area contributed by atoms with E-state index in [0.29, 0.717) is 23.6 Å². The Balaban J connectivity index is 2.35. The number of aryl methyl sites for hydroxylation is 2. The lowest BCUT2D eigenvalue weighted by Crippen LogP contribution is -2.48. The normalized spacial score (nSPS) is 13.3. The van der Waals surface area contributed by atoms with E-state index in [1.165, 1.54) is 19.8 Å². The minimum Gasteiger partial charge on any atom is -0.493 e. The van der Waals surface area contributed by atoms with Crippen molar-refractivity contribution in [1.82, 2.24) is 5.32 Å². The van der Waals surface area contributed by atoms with Gasteiger partial charge in [0.1, 0.15) is 6.04 Å². The number of anilines is 1. The van der Waals surface area contributed by atoms with Gasteiger partial charge in [-0.05, 0) is 56.0 Å². The van der Waals surface area contributed by atoms with Gasteiger partial charge in [0.05, 0.1) is 32.2 Å². The molecule has 2 aromatic carbocycles. The van der Waals surface area contributed by atoms with Crippen LogP contribution in [0.15, 0.2) is 36.4 Å². The summed E-state index contributed by atoms with van der Waals surface area (Å²) in [6, 6.07) is 9.63. The second kappa shape index (κ2) is 10.0. The number of sulfonamides is 1. The van der Waals surface area contributed by atoms with Crippen molar-refractivity contribution < 1.29 is 22.7 Å². The molecule has 0 saturated heterocycles. The Bertz CT molecular complexity index is 1040. The Labute approximate surface area is 185 Å². The minimum atomic E-state index is -3.75. The lowest BCUT2D eigenvalue weighted by molar-refractivity contribution is -0.122. The van der Waals surface area contributed by atoms with E-state index >= 15 is 0 Å². The van der Waals surface area contributed by atoms with Crippen molar-refractivity contribution in [3.05, 3.63) is 53.1 Å². The number of ether oxygens (including phenoxy) is 2. The van der Waals surface area contributed by atoms with Crippen LogP contribution >= 0.6 is 0 Å². The molecule has 170 valence electrons. The van der Waals surface area contributed by atoms with Gasteiger partial charge >= 0.3 is 0 Å². The number of methoxy groups -OCH3 is 2. The van der Waals surface area contributed by atoms with Crippen LogP contribution in [0.2, 0.25) is 0 Å². The highest BCUT2D eigenvalue weighted by atomic mass is 32.2. The number of benzene rings is 2. The zero-order valence-corrected chi connectivity index (χ0v) is 20.0. The van der Waals surface area contributed by atoms with Crippen LogP contribution in [0.25, 0.3) is 0 Å². The largest absolute Gasteiger partial charge is 0.493 e. The van der Waals surface area contributed by atoms with Crippen LogP contribution in [0.4, 0.5) is 5.69 Å². The SMILES string of the molecule is CC[C@H](NC(=O)[C@@H](C)N(c1ccc(OC)c(OC)c1)S(C)(=O)=O)c1ccc(C)c(C)c1. The van der Waals surface area contributed by atoms with Gasteiger partial charge in [0.2, 0.25) is 15.9 Å². The van der Waals surface area contributed by atoms with E-state index < -0.39 is 16.1 Å². The van der Waals surface area contributed by atoms with Gasteiger partial charge in [0, 0.05) is 6.07 Å². The van der Waals surface area contributed by atoms with Crippen molar-refractivity contribution in [2.75, 3.05) is 24.8 Å². The van der Waals surface area contributed by atoms with E-state index in [1.54, 1.807) is 25.1 Å². The lowest BCUT2D eigenvalue weighted by atomic mass is 9.99. The molecule has 1 amide bonds.